The number of thioether (sulfide) groups is 1. The van der Waals surface area contributed by atoms with E-state index in [0.717, 1.165) is 17.9 Å². The van der Waals surface area contributed by atoms with Crippen molar-refractivity contribution < 1.29 is 9.90 Å². The predicted octanol–water partition coefficient (Wildman–Crippen LogP) is 0.541. The zero-order valence-corrected chi connectivity index (χ0v) is 7.14. The Morgan fingerprint density at radius 2 is 2.45 bits per heavy atom. The highest BCUT2D eigenvalue weighted by Crippen LogP contribution is 2.24. The molecule has 0 saturated carbocycles. The van der Waals surface area contributed by atoms with Gasteiger partial charge < -0.3 is 10.8 Å². The van der Waals surface area contributed by atoms with Crippen LogP contribution < -0.4 is 5.73 Å². The number of nitrogens with two attached hydrogens (primary N) is 1. The molecule has 0 aromatic carbocycles. The Bertz CT molecular complexity index is 151. The lowest BCUT2D eigenvalue weighted by atomic mass is 9.96. The molecule has 0 amide bonds. The van der Waals surface area contributed by atoms with Gasteiger partial charge in [0, 0.05) is 6.04 Å². The first-order chi connectivity index (χ1) is 5.20. The monoisotopic (exact) mass is 175 g/mol. The minimum absolute atomic E-state index is 0.104. The molecule has 1 saturated heterocycles. The molecule has 2 atom stereocenters. The maximum atomic E-state index is 10.3. The van der Waals surface area contributed by atoms with Gasteiger partial charge in [-0.3, -0.25) is 4.79 Å². The van der Waals surface area contributed by atoms with E-state index in [9.17, 15) is 4.79 Å². The molecule has 1 heterocycles. The molecule has 0 aliphatic carbocycles. The summed E-state index contributed by atoms with van der Waals surface area (Å²) in [6.07, 6.45) is 1.19. The van der Waals surface area contributed by atoms with Gasteiger partial charge >= 0.3 is 5.97 Å². The van der Waals surface area contributed by atoms with E-state index in [2.05, 4.69) is 0 Å². The predicted molar refractivity (Wildman–Crippen MR) is 45.7 cm³/mol. The van der Waals surface area contributed by atoms with Crippen molar-refractivity contribution in [1.82, 2.24) is 0 Å². The first-order valence-corrected chi connectivity index (χ1v) is 4.90. The van der Waals surface area contributed by atoms with Crippen LogP contribution in [-0.4, -0.2) is 28.6 Å². The maximum absolute atomic E-state index is 10.3. The van der Waals surface area contributed by atoms with Crippen molar-refractivity contribution in [3.05, 3.63) is 0 Å². The Morgan fingerprint density at radius 1 is 1.73 bits per heavy atom. The first-order valence-electron chi connectivity index (χ1n) is 3.75. The standard InChI is InChI=1S/C7H13NO2S/c8-6-1-2-11-4-5(6)3-7(9)10/h5-6H,1-4,8H2,(H,9,10)/t5-,6-/m0/s1. The lowest BCUT2D eigenvalue weighted by molar-refractivity contribution is -0.138. The number of hydrogen-bond acceptors (Lipinski definition) is 3. The summed E-state index contributed by atoms with van der Waals surface area (Å²) < 4.78 is 0. The molecule has 0 radical (unpaired) electrons. The van der Waals surface area contributed by atoms with Crippen molar-refractivity contribution in [2.24, 2.45) is 11.7 Å². The minimum Gasteiger partial charge on any atom is -0.481 e. The molecule has 64 valence electrons. The van der Waals surface area contributed by atoms with Gasteiger partial charge in [-0.1, -0.05) is 0 Å². The van der Waals surface area contributed by atoms with Crippen molar-refractivity contribution in [3.8, 4) is 0 Å². The van der Waals surface area contributed by atoms with Crippen LogP contribution in [0.5, 0.6) is 0 Å². The lowest BCUT2D eigenvalue weighted by Crippen LogP contribution is -2.36. The average Bonchev–Trinajstić information content (AvgIpc) is 1.93. The Balaban J connectivity index is 2.35. The number of hydrogen-bond donors (Lipinski definition) is 2. The molecule has 0 aromatic heterocycles. The molecular weight excluding hydrogens is 162 g/mol. The van der Waals surface area contributed by atoms with E-state index in [1.807, 2.05) is 0 Å². The molecule has 1 fully saturated rings. The molecule has 1 rings (SSSR count). The number of carboxylic acid groups (broad SMARTS) is 1. The molecule has 0 spiro atoms. The van der Waals surface area contributed by atoms with Gasteiger partial charge in [-0.2, -0.15) is 11.8 Å². The molecule has 11 heavy (non-hydrogen) atoms. The normalized spacial score (nSPS) is 31.7. The minimum atomic E-state index is -0.729. The van der Waals surface area contributed by atoms with E-state index in [1.54, 1.807) is 11.8 Å². The summed E-state index contributed by atoms with van der Waals surface area (Å²) in [5, 5.41) is 8.52. The summed E-state index contributed by atoms with van der Waals surface area (Å²) in [4.78, 5) is 10.3. The highest BCUT2D eigenvalue weighted by Gasteiger charge is 2.23. The van der Waals surface area contributed by atoms with Crippen LogP contribution >= 0.6 is 11.8 Å². The summed E-state index contributed by atoms with van der Waals surface area (Å²) in [6.45, 7) is 0. The van der Waals surface area contributed by atoms with Gasteiger partial charge in [0.25, 0.3) is 0 Å². The fraction of sp³-hybridized carbons (Fsp3) is 0.857. The van der Waals surface area contributed by atoms with Gasteiger partial charge in [-0.25, -0.2) is 0 Å². The van der Waals surface area contributed by atoms with Gasteiger partial charge in [-0.05, 0) is 23.8 Å². The summed E-state index contributed by atoms with van der Waals surface area (Å²) in [7, 11) is 0. The lowest BCUT2D eigenvalue weighted by Gasteiger charge is -2.26. The van der Waals surface area contributed by atoms with E-state index in [4.69, 9.17) is 10.8 Å². The van der Waals surface area contributed by atoms with Crippen LogP contribution in [0.25, 0.3) is 0 Å². The van der Waals surface area contributed by atoms with E-state index in [0.29, 0.717) is 0 Å². The van der Waals surface area contributed by atoms with Crippen molar-refractivity contribution >= 4 is 17.7 Å². The third-order valence-corrected chi connectivity index (χ3v) is 3.16. The van der Waals surface area contributed by atoms with E-state index in [-0.39, 0.29) is 18.4 Å². The summed E-state index contributed by atoms with van der Waals surface area (Å²) in [5.41, 5.74) is 5.75. The summed E-state index contributed by atoms with van der Waals surface area (Å²) in [6, 6.07) is 0.104. The Kier molecular flexibility index (Phi) is 3.20. The Labute approximate surface area is 70.3 Å². The molecule has 1 aliphatic heterocycles. The fourth-order valence-corrected chi connectivity index (χ4v) is 2.52. The van der Waals surface area contributed by atoms with Gasteiger partial charge in [0.05, 0.1) is 6.42 Å². The second-order valence-corrected chi connectivity index (χ2v) is 4.04. The van der Waals surface area contributed by atoms with Gasteiger partial charge in [-0.15, -0.1) is 0 Å². The molecular formula is C7H13NO2S. The molecule has 0 bridgehead atoms. The molecule has 0 aromatic rings. The maximum Gasteiger partial charge on any atom is 0.303 e. The van der Waals surface area contributed by atoms with E-state index < -0.39 is 5.97 Å². The number of aliphatic carboxylic acids is 1. The number of carbonyl (C=O) groups is 1. The summed E-state index contributed by atoms with van der Waals surface area (Å²) in [5.74, 6) is 1.45. The smallest absolute Gasteiger partial charge is 0.303 e. The molecule has 1 aliphatic rings. The molecule has 0 unspecified atom stereocenters. The van der Waals surface area contributed by atoms with Crippen molar-refractivity contribution in [1.29, 1.82) is 0 Å². The third-order valence-electron chi connectivity index (χ3n) is 1.97. The number of carboxylic acids is 1. The largest absolute Gasteiger partial charge is 0.481 e. The van der Waals surface area contributed by atoms with Crippen molar-refractivity contribution in [2.75, 3.05) is 11.5 Å². The second-order valence-electron chi connectivity index (χ2n) is 2.89. The fourth-order valence-electron chi connectivity index (χ4n) is 1.25. The van der Waals surface area contributed by atoms with Gasteiger partial charge in [0.15, 0.2) is 0 Å². The Hall–Kier alpha value is -0.220. The zero-order chi connectivity index (χ0) is 8.27. The highest BCUT2D eigenvalue weighted by atomic mass is 32.2. The van der Waals surface area contributed by atoms with E-state index >= 15 is 0 Å². The topological polar surface area (TPSA) is 63.3 Å². The average molecular weight is 175 g/mol. The molecule has 4 heteroatoms. The third kappa shape index (κ3) is 2.71. The van der Waals surface area contributed by atoms with Crippen molar-refractivity contribution in [3.63, 3.8) is 0 Å². The molecule has 3 nitrogen and oxygen atoms in total. The van der Waals surface area contributed by atoms with Crippen molar-refractivity contribution in [2.45, 2.75) is 18.9 Å². The number of rotatable bonds is 2. The highest BCUT2D eigenvalue weighted by molar-refractivity contribution is 7.99. The van der Waals surface area contributed by atoms with Crippen LogP contribution in [0.4, 0.5) is 0 Å². The van der Waals surface area contributed by atoms with Crippen LogP contribution in [0.15, 0.2) is 0 Å². The summed E-state index contributed by atoms with van der Waals surface area (Å²) >= 11 is 1.81. The second kappa shape index (κ2) is 3.97. The van der Waals surface area contributed by atoms with Crippen LogP contribution in [0.2, 0.25) is 0 Å². The van der Waals surface area contributed by atoms with Crippen LogP contribution in [0, 0.1) is 5.92 Å². The Morgan fingerprint density at radius 3 is 3.00 bits per heavy atom. The van der Waals surface area contributed by atoms with Crippen LogP contribution in [0.3, 0.4) is 0 Å². The van der Waals surface area contributed by atoms with Crippen LogP contribution in [-0.2, 0) is 4.79 Å². The van der Waals surface area contributed by atoms with Gasteiger partial charge in [0.2, 0.25) is 0 Å². The molecule has 3 N–H and O–H groups in total. The van der Waals surface area contributed by atoms with E-state index in [1.165, 1.54) is 0 Å². The quantitative estimate of drug-likeness (QED) is 0.643. The van der Waals surface area contributed by atoms with Crippen LogP contribution in [0.1, 0.15) is 12.8 Å². The van der Waals surface area contributed by atoms with Gasteiger partial charge in [0.1, 0.15) is 0 Å². The SMILES string of the molecule is N[C@H]1CCSC[C@@H]1CC(=O)O. The zero-order valence-electron chi connectivity index (χ0n) is 6.32. The first kappa shape index (κ1) is 8.87.